The number of carbonyl (C=O) groups is 2. The van der Waals surface area contributed by atoms with Gasteiger partial charge in [-0.2, -0.15) is 0 Å². The van der Waals surface area contributed by atoms with Gasteiger partial charge in [-0.15, -0.1) is 0 Å². The minimum absolute atomic E-state index is 0.00644. The van der Waals surface area contributed by atoms with Crippen molar-refractivity contribution in [1.29, 1.82) is 0 Å². The molecule has 1 heterocycles. The van der Waals surface area contributed by atoms with Crippen LogP contribution < -0.4 is 4.90 Å². The zero-order valence-electron chi connectivity index (χ0n) is 12.6. The lowest BCUT2D eigenvalue weighted by Crippen LogP contribution is -2.37. The molecule has 4 unspecified atom stereocenters. The molecule has 2 amide bonds. The van der Waals surface area contributed by atoms with Crippen molar-refractivity contribution in [3.05, 3.63) is 41.5 Å². The van der Waals surface area contributed by atoms with Gasteiger partial charge in [-0.05, 0) is 56.2 Å². The Morgan fingerprint density at radius 1 is 1.19 bits per heavy atom. The maximum atomic E-state index is 13.0. The van der Waals surface area contributed by atoms with Gasteiger partial charge >= 0.3 is 0 Å². The second kappa shape index (κ2) is 3.85. The van der Waals surface area contributed by atoms with Crippen molar-refractivity contribution in [2.75, 3.05) is 4.90 Å². The molecular weight excluding hydrogens is 262 g/mol. The normalized spacial score (nSPS) is 36.7. The Labute approximate surface area is 124 Å². The summed E-state index contributed by atoms with van der Waals surface area (Å²) in [6, 6.07) is 5.82. The van der Waals surface area contributed by atoms with Gasteiger partial charge in [0, 0.05) is 0 Å². The van der Waals surface area contributed by atoms with Gasteiger partial charge in [0.15, 0.2) is 0 Å². The molecule has 1 saturated heterocycles. The number of amides is 2. The monoisotopic (exact) mass is 281 g/mol. The van der Waals surface area contributed by atoms with Gasteiger partial charge in [0.2, 0.25) is 11.8 Å². The summed E-state index contributed by atoms with van der Waals surface area (Å²) in [6.45, 7) is 5.98. The number of allylic oxidation sites excluding steroid dienone is 2. The molecule has 108 valence electrons. The Balaban J connectivity index is 1.85. The zero-order chi connectivity index (χ0) is 14.9. The number of hydrogen-bond acceptors (Lipinski definition) is 2. The highest BCUT2D eigenvalue weighted by atomic mass is 16.2. The summed E-state index contributed by atoms with van der Waals surface area (Å²) in [5, 5.41) is 0. The van der Waals surface area contributed by atoms with Crippen molar-refractivity contribution < 1.29 is 9.59 Å². The predicted octanol–water partition coefficient (Wildman–Crippen LogP) is 3.01. The Bertz CT molecular complexity index is 705. The van der Waals surface area contributed by atoms with E-state index in [1.165, 1.54) is 4.90 Å². The van der Waals surface area contributed by atoms with Crippen LogP contribution in [0.2, 0.25) is 0 Å². The molecule has 1 aromatic rings. The average molecular weight is 281 g/mol. The highest BCUT2D eigenvalue weighted by molar-refractivity contribution is 6.24. The largest absolute Gasteiger partial charge is 0.274 e. The topological polar surface area (TPSA) is 37.4 Å². The Morgan fingerprint density at radius 3 is 2.67 bits per heavy atom. The lowest BCUT2D eigenvalue weighted by Gasteiger charge is -2.28. The number of carbonyl (C=O) groups excluding carboxylic acids is 2. The summed E-state index contributed by atoms with van der Waals surface area (Å²) in [6.07, 6.45) is 5.23. The molecule has 4 atom stereocenters. The third kappa shape index (κ3) is 1.34. The fourth-order valence-corrected chi connectivity index (χ4v) is 4.51. The summed E-state index contributed by atoms with van der Waals surface area (Å²) >= 11 is 0. The minimum Gasteiger partial charge on any atom is -0.274 e. The highest BCUT2D eigenvalue weighted by Gasteiger charge is 2.67. The molecule has 2 aliphatic carbocycles. The Kier molecular flexibility index (Phi) is 2.35. The van der Waals surface area contributed by atoms with E-state index in [4.69, 9.17) is 0 Å². The minimum atomic E-state index is -0.535. The first-order valence-corrected chi connectivity index (χ1v) is 7.59. The lowest BCUT2D eigenvalue weighted by atomic mass is 9.71. The number of fused-ring (bicyclic) bond motifs is 5. The van der Waals surface area contributed by atoms with Crippen LogP contribution in [0.3, 0.4) is 0 Å². The molecule has 1 saturated carbocycles. The van der Waals surface area contributed by atoms with Crippen LogP contribution in [0.4, 0.5) is 5.69 Å². The number of aryl methyl sites for hydroxylation is 1. The summed E-state index contributed by atoms with van der Waals surface area (Å²) in [4.78, 5) is 27.4. The Hall–Kier alpha value is -1.90. The second-order valence-electron chi connectivity index (χ2n) is 6.85. The van der Waals surface area contributed by atoms with E-state index < -0.39 is 5.41 Å². The maximum Gasteiger partial charge on any atom is 0.241 e. The molecule has 3 aliphatic rings. The fraction of sp³-hybridized carbons (Fsp3) is 0.444. The molecule has 2 fully saturated rings. The summed E-state index contributed by atoms with van der Waals surface area (Å²) in [5.74, 6) is 0.279. The van der Waals surface area contributed by atoms with E-state index in [1.54, 1.807) is 0 Å². The second-order valence-corrected chi connectivity index (χ2v) is 6.85. The van der Waals surface area contributed by atoms with Crippen molar-refractivity contribution in [1.82, 2.24) is 0 Å². The average Bonchev–Trinajstić information content (AvgIpc) is 3.07. The molecule has 21 heavy (non-hydrogen) atoms. The van der Waals surface area contributed by atoms with E-state index >= 15 is 0 Å². The number of imide groups is 1. The van der Waals surface area contributed by atoms with Gasteiger partial charge < -0.3 is 0 Å². The smallest absolute Gasteiger partial charge is 0.241 e. The van der Waals surface area contributed by atoms with Crippen LogP contribution in [0, 0.1) is 37.0 Å². The molecule has 1 aliphatic heterocycles. The first kappa shape index (κ1) is 12.8. The molecule has 2 bridgehead atoms. The van der Waals surface area contributed by atoms with E-state index in [9.17, 15) is 9.59 Å². The molecule has 1 aromatic carbocycles. The van der Waals surface area contributed by atoms with Crippen LogP contribution in [0.15, 0.2) is 30.4 Å². The highest BCUT2D eigenvalue weighted by Crippen LogP contribution is 2.61. The fourth-order valence-electron chi connectivity index (χ4n) is 4.51. The number of nitrogens with zero attached hydrogens (tertiary/aromatic N) is 1. The van der Waals surface area contributed by atoms with Crippen molar-refractivity contribution in [2.45, 2.75) is 27.2 Å². The van der Waals surface area contributed by atoms with Crippen LogP contribution in [0.5, 0.6) is 0 Å². The number of benzene rings is 1. The Morgan fingerprint density at radius 2 is 1.95 bits per heavy atom. The van der Waals surface area contributed by atoms with Gasteiger partial charge in [-0.25, -0.2) is 4.90 Å². The van der Waals surface area contributed by atoms with Crippen molar-refractivity contribution in [2.24, 2.45) is 23.2 Å². The van der Waals surface area contributed by atoms with Gasteiger partial charge in [0.25, 0.3) is 0 Å². The first-order chi connectivity index (χ1) is 9.96. The molecule has 0 radical (unpaired) electrons. The van der Waals surface area contributed by atoms with Gasteiger partial charge in [-0.1, -0.05) is 24.3 Å². The van der Waals surface area contributed by atoms with Crippen molar-refractivity contribution in [3.63, 3.8) is 0 Å². The number of anilines is 1. The van der Waals surface area contributed by atoms with E-state index in [0.717, 1.165) is 23.2 Å². The summed E-state index contributed by atoms with van der Waals surface area (Å²) in [5.41, 5.74) is 2.35. The van der Waals surface area contributed by atoms with E-state index in [1.807, 2.05) is 39.0 Å². The summed E-state index contributed by atoms with van der Waals surface area (Å²) < 4.78 is 0. The maximum absolute atomic E-state index is 13.0. The van der Waals surface area contributed by atoms with Crippen LogP contribution in [-0.2, 0) is 9.59 Å². The quantitative estimate of drug-likeness (QED) is 0.586. The molecule has 3 nitrogen and oxygen atoms in total. The SMILES string of the molecule is Cc1cccc(N2C(=O)C3C4C=CC(C4)C3(C)C2=O)c1C. The van der Waals surface area contributed by atoms with Crippen LogP contribution in [-0.4, -0.2) is 11.8 Å². The third-order valence-corrected chi connectivity index (χ3v) is 5.93. The first-order valence-electron chi connectivity index (χ1n) is 7.59. The van der Waals surface area contributed by atoms with Crippen molar-refractivity contribution in [3.8, 4) is 0 Å². The van der Waals surface area contributed by atoms with Crippen LogP contribution in [0.25, 0.3) is 0 Å². The predicted molar refractivity (Wildman–Crippen MR) is 80.7 cm³/mol. The van der Waals surface area contributed by atoms with E-state index in [2.05, 4.69) is 12.2 Å². The standard InChI is InChI=1S/C18H19NO2/c1-10-5-4-6-14(11(10)2)19-16(20)15-12-7-8-13(9-12)18(15,3)17(19)21/h4-8,12-13,15H,9H2,1-3H3. The zero-order valence-corrected chi connectivity index (χ0v) is 12.6. The van der Waals surface area contributed by atoms with Gasteiger partial charge in [0.1, 0.15) is 0 Å². The van der Waals surface area contributed by atoms with Crippen LogP contribution in [0.1, 0.15) is 24.5 Å². The molecule has 0 spiro atoms. The van der Waals surface area contributed by atoms with Crippen molar-refractivity contribution >= 4 is 17.5 Å². The van der Waals surface area contributed by atoms with Gasteiger partial charge in [-0.3, -0.25) is 9.59 Å². The number of hydrogen-bond donors (Lipinski definition) is 0. The third-order valence-electron chi connectivity index (χ3n) is 5.93. The summed E-state index contributed by atoms with van der Waals surface area (Å²) in [7, 11) is 0. The molecule has 4 rings (SSSR count). The lowest BCUT2D eigenvalue weighted by molar-refractivity contribution is -0.127. The van der Waals surface area contributed by atoms with Crippen LogP contribution >= 0.6 is 0 Å². The molecule has 0 N–H and O–H groups in total. The molecule has 3 heteroatoms. The van der Waals surface area contributed by atoms with E-state index in [-0.39, 0.29) is 29.6 Å². The molecule has 0 aromatic heterocycles. The number of rotatable bonds is 1. The van der Waals surface area contributed by atoms with Gasteiger partial charge in [0.05, 0.1) is 17.0 Å². The molecular formula is C18H19NO2. The van der Waals surface area contributed by atoms with E-state index in [0.29, 0.717) is 0 Å².